The molecule has 128 valence electrons. The Morgan fingerprint density at radius 3 is 2.88 bits per heavy atom. The van der Waals surface area contributed by atoms with E-state index in [9.17, 15) is 0 Å². The molecular weight excluding hydrogens is 385 g/mol. The molecule has 0 atom stereocenters. The first kappa shape index (κ1) is 19.1. The van der Waals surface area contributed by atoms with Crippen molar-refractivity contribution in [3.8, 4) is 5.75 Å². The van der Waals surface area contributed by atoms with Gasteiger partial charge in [0.2, 0.25) is 0 Å². The lowest BCUT2D eigenvalue weighted by atomic mass is 10.2. The zero-order valence-corrected chi connectivity index (χ0v) is 16.2. The Morgan fingerprint density at radius 2 is 2.12 bits per heavy atom. The van der Waals surface area contributed by atoms with Crippen molar-refractivity contribution >= 4 is 58.1 Å². The number of nitrogens with one attached hydrogen (secondary N) is 2. The van der Waals surface area contributed by atoms with Gasteiger partial charge in [-0.3, -0.25) is 0 Å². The standard InChI is InChI=1S/C16H17Cl2N3OS2/c1-22-14-3-2-6-19-15(14)21-16(23)20-7-8-24-10-11-4-5-12(17)13(18)9-11/h2-6,9H,7-8,10H2,1H3,(H2,19,20,21,23). The van der Waals surface area contributed by atoms with Crippen LogP contribution in [-0.4, -0.2) is 29.5 Å². The zero-order valence-electron chi connectivity index (χ0n) is 13.0. The van der Waals surface area contributed by atoms with Crippen molar-refractivity contribution in [3.63, 3.8) is 0 Å². The molecular formula is C16H17Cl2N3OS2. The summed E-state index contributed by atoms with van der Waals surface area (Å²) in [5, 5.41) is 7.85. The molecule has 0 bridgehead atoms. The highest BCUT2D eigenvalue weighted by Gasteiger charge is 2.05. The summed E-state index contributed by atoms with van der Waals surface area (Å²) in [5.41, 5.74) is 1.15. The largest absolute Gasteiger partial charge is 0.493 e. The van der Waals surface area contributed by atoms with Crippen molar-refractivity contribution in [1.82, 2.24) is 10.3 Å². The van der Waals surface area contributed by atoms with Crippen LogP contribution in [0.1, 0.15) is 5.56 Å². The zero-order chi connectivity index (χ0) is 17.4. The fourth-order valence-electron chi connectivity index (χ4n) is 1.86. The van der Waals surface area contributed by atoms with E-state index < -0.39 is 0 Å². The number of hydrogen-bond acceptors (Lipinski definition) is 4. The third-order valence-electron chi connectivity index (χ3n) is 3.01. The van der Waals surface area contributed by atoms with Crippen LogP contribution in [0.4, 0.5) is 5.82 Å². The van der Waals surface area contributed by atoms with Crippen LogP contribution in [0.25, 0.3) is 0 Å². The molecule has 4 nitrogen and oxygen atoms in total. The summed E-state index contributed by atoms with van der Waals surface area (Å²) in [6.45, 7) is 0.743. The van der Waals surface area contributed by atoms with E-state index in [4.69, 9.17) is 40.2 Å². The summed E-state index contributed by atoms with van der Waals surface area (Å²) in [5.74, 6) is 3.02. The lowest BCUT2D eigenvalue weighted by molar-refractivity contribution is 0.415. The number of halogens is 2. The summed E-state index contributed by atoms with van der Waals surface area (Å²) in [6.07, 6.45) is 1.68. The van der Waals surface area contributed by atoms with Crippen LogP contribution in [0.15, 0.2) is 36.5 Å². The highest BCUT2D eigenvalue weighted by Crippen LogP contribution is 2.24. The van der Waals surface area contributed by atoms with E-state index in [0.29, 0.717) is 26.7 Å². The van der Waals surface area contributed by atoms with Crippen molar-refractivity contribution in [2.45, 2.75) is 5.75 Å². The number of hydrogen-bond donors (Lipinski definition) is 2. The van der Waals surface area contributed by atoms with Crippen molar-refractivity contribution in [1.29, 1.82) is 0 Å². The Kier molecular flexibility index (Phi) is 7.91. The van der Waals surface area contributed by atoms with Crippen LogP contribution >= 0.6 is 47.2 Å². The number of thiocarbonyl (C=S) groups is 1. The molecule has 2 rings (SSSR count). The molecule has 1 heterocycles. The minimum absolute atomic E-state index is 0.516. The van der Waals surface area contributed by atoms with Crippen LogP contribution in [0.3, 0.4) is 0 Å². The summed E-state index contributed by atoms with van der Waals surface area (Å²) < 4.78 is 5.22. The Bertz CT molecular complexity index is 701. The third-order valence-corrected chi connectivity index (χ3v) is 5.02. The van der Waals surface area contributed by atoms with Gasteiger partial charge in [0, 0.05) is 24.2 Å². The van der Waals surface area contributed by atoms with Gasteiger partial charge in [-0.25, -0.2) is 4.98 Å². The first-order valence-corrected chi connectivity index (χ1v) is 9.47. The second-order valence-electron chi connectivity index (χ2n) is 4.74. The fourth-order valence-corrected chi connectivity index (χ4v) is 3.18. The average Bonchev–Trinajstić information content (AvgIpc) is 2.58. The highest BCUT2D eigenvalue weighted by molar-refractivity contribution is 7.98. The number of pyridine rings is 1. The smallest absolute Gasteiger partial charge is 0.174 e. The molecule has 0 amide bonds. The number of rotatable bonds is 7. The molecule has 0 aliphatic rings. The van der Waals surface area contributed by atoms with Crippen LogP contribution in [0.2, 0.25) is 10.0 Å². The third kappa shape index (κ3) is 6.02. The lowest BCUT2D eigenvalue weighted by Gasteiger charge is -2.12. The summed E-state index contributed by atoms with van der Waals surface area (Å²) in [7, 11) is 1.60. The molecule has 0 unspecified atom stereocenters. The van der Waals surface area contributed by atoms with E-state index in [2.05, 4.69) is 15.6 Å². The minimum atomic E-state index is 0.516. The molecule has 2 aromatic rings. The van der Waals surface area contributed by atoms with Gasteiger partial charge in [-0.1, -0.05) is 29.3 Å². The molecule has 1 aromatic carbocycles. The molecule has 0 aliphatic carbocycles. The predicted molar refractivity (Wildman–Crippen MR) is 108 cm³/mol. The second kappa shape index (κ2) is 9.93. The topological polar surface area (TPSA) is 46.2 Å². The number of benzene rings is 1. The van der Waals surface area contributed by atoms with E-state index in [1.165, 1.54) is 0 Å². The maximum absolute atomic E-state index is 6.00. The molecule has 0 radical (unpaired) electrons. The van der Waals surface area contributed by atoms with Crippen molar-refractivity contribution in [2.24, 2.45) is 0 Å². The van der Waals surface area contributed by atoms with E-state index in [0.717, 1.165) is 23.6 Å². The van der Waals surface area contributed by atoms with E-state index in [-0.39, 0.29) is 0 Å². The average molecular weight is 402 g/mol. The molecule has 0 spiro atoms. The maximum Gasteiger partial charge on any atom is 0.174 e. The van der Waals surface area contributed by atoms with E-state index in [1.54, 1.807) is 31.1 Å². The quantitative estimate of drug-likeness (QED) is 0.521. The molecule has 8 heteroatoms. The summed E-state index contributed by atoms with van der Waals surface area (Å²) >= 11 is 18.9. The van der Waals surface area contributed by atoms with Crippen LogP contribution in [0.5, 0.6) is 5.75 Å². The Hall–Kier alpha value is -1.21. The van der Waals surface area contributed by atoms with Crippen LogP contribution in [0, 0.1) is 0 Å². The number of thioether (sulfide) groups is 1. The van der Waals surface area contributed by atoms with E-state index >= 15 is 0 Å². The normalized spacial score (nSPS) is 10.3. The number of nitrogens with zero attached hydrogens (tertiary/aromatic N) is 1. The maximum atomic E-state index is 6.00. The van der Waals surface area contributed by atoms with Gasteiger partial charge in [0.25, 0.3) is 0 Å². The molecule has 0 fully saturated rings. The SMILES string of the molecule is COc1cccnc1NC(=S)NCCSCc1ccc(Cl)c(Cl)c1. The molecule has 24 heavy (non-hydrogen) atoms. The number of aromatic nitrogens is 1. The fraction of sp³-hybridized carbons (Fsp3) is 0.250. The van der Waals surface area contributed by atoms with Gasteiger partial charge in [-0.2, -0.15) is 11.8 Å². The van der Waals surface area contributed by atoms with Crippen molar-refractivity contribution < 1.29 is 4.74 Å². The van der Waals surface area contributed by atoms with Gasteiger partial charge >= 0.3 is 0 Å². The Morgan fingerprint density at radius 1 is 1.29 bits per heavy atom. The minimum Gasteiger partial charge on any atom is -0.493 e. The summed E-state index contributed by atoms with van der Waals surface area (Å²) in [6, 6.07) is 9.32. The van der Waals surface area contributed by atoms with Crippen molar-refractivity contribution in [2.75, 3.05) is 24.7 Å². The van der Waals surface area contributed by atoms with E-state index in [1.807, 2.05) is 24.3 Å². The Balaban J connectivity index is 1.68. The van der Waals surface area contributed by atoms with Gasteiger partial charge in [0.05, 0.1) is 17.2 Å². The molecule has 2 N–H and O–H groups in total. The highest BCUT2D eigenvalue weighted by atomic mass is 35.5. The van der Waals surface area contributed by atoms with Gasteiger partial charge in [0.1, 0.15) is 0 Å². The number of ether oxygens (including phenoxy) is 1. The summed E-state index contributed by atoms with van der Waals surface area (Å²) in [4.78, 5) is 4.20. The van der Waals surface area contributed by atoms with Gasteiger partial charge in [-0.15, -0.1) is 0 Å². The molecule has 0 saturated heterocycles. The van der Waals surface area contributed by atoms with Crippen LogP contribution in [-0.2, 0) is 5.75 Å². The number of methoxy groups -OCH3 is 1. The number of anilines is 1. The van der Waals surface area contributed by atoms with Crippen LogP contribution < -0.4 is 15.4 Å². The monoisotopic (exact) mass is 401 g/mol. The second-order valence-corrected chi connectivity index (χ2v) is 7.06. The Labute approximate surface area is 161 Å². The van der Waals surface area contributed by atoms with Crippen molar-refractivity contribution in [3.05, 3.63) is 52.1 Å². The lowest BCUT2D eigenvalue weighted by Crippen LogP contribution is -2.30. The molecule has 1 aromatic heterocycles. The first-order chi connectivity index (χ1) is 11.6. The first-order valence-electron chi connectivity index (χ1n) is 7.15. The van der Waals surface area contributed by atoms with Gasteiger partial charge in [-0.05, 0) is 42.0 Å². The molecule has 0 aliphatic heterocycles. The van der Waals surface area contributed by atoms with Gasteiger partial charge in [0.15, 0.2) is 16.7 Å². The molecule has 0 saturated carbocycles. The predicted octanol–water partition coefficient (Wildman–Crippen LogP) is 4.62. The van der Waals surface area contributed by atoms with Gasteiger partial charge < -0.3 is 15.4 Å².